The van der Waals surface area contributed by atoms with Gasteiger partial charge in [-0.05, 0) is 86.6 Å². The highest BCUT2D eigenvalue weighted by Crippen LogP contribution is 2.37. The van der Waals surface area contributed by atoms with Gasteiger partial charge in [-0.2, -0.15) is 0 Å². The summed E-state index contributed by atoms with van der Waals surface area (Å²) in [5.41, 5.74) is 3.56. The second-order valence-corrected chi connectivity index (χ2v) is 7.80. The van der Waals surface area contributed by atoms with Crippen LogP contribution >= 0.6 is 15.9 Å². The molecule has 0 saturated heterocycles. The van der Waals surface area contributed by atoms with Crippen LogP contribution in [-0.4, -0.2) is 38.7 Å². The average molecular weight is 435 g/mol. The summed E-state index contributed by atoms with van der Waals surface area (Å²) >= 11 is 3.66. The number of ether oxygens (including phenoxy) is 2. The first-order valence-electron chi connectivity index (χ1n) is 9.48. The monoisotopic (exact) mass is 434 g/mol. The molecule has 0 saturated carbocycles. The fourth-order valence-corrected chi connectivity index (χ4v) is 3.44. The van der Waals surface area contributed by atoms with Crippen LogP contribution in [0.5, 0.6) is 11.5 Å². The van der Waals surface area contributed by atoms with Crippen LogP contribution in [0.2, 0.25) is 0 Å². The number of hydrogen-bond donors (Lipinski definition) is 1. The zero-order valence-corrected chi connectivity index (χ0v) is 18.4. The molecule has 0 amide bonds. The second kappa shape index (κ2) is 11.3. The lowest BCUT2D eigenvalue weighted by Gasteiger charge is -2.16. The van der Waals surface area contributed by atoms with E-state index in [2.05, 4.69) is 83.6 Å². The molecule has 5 heteroatoms. The van der Waals surface area contributed by atoms with Gasteiger partial charge in [0.05, 0.1) is 11.1 Å². The minimum absolute atomic E-state index is 0.516. The Hall–Kier alpha value is -1.56. The molecular formula is C22H31BrN2O2. The minimum atomic E-state index is 0.516. The Bertz CT molecular complexity index is 719. The van der Waals surface area contributed by atoms with E-state index in [1.54, 1.807) is 0 Å². The number of aryl methyl sites for hydroxylation is 1. The Kier molecular flexibility index (Phi) is 9.11. The average Bonchev–Trinajstić information content (AvgIpc) is 2.61. The molecule has 148 valence electrons. The molecule has 0 atom stereocenters. The van der Waals surface area contributed by atoms with Crippen molar-refractivity contribution in [2.75, 3.05) is 33.8 Å². The second-order valence-electron chi connectivity index (χ2n) is 6.95. The Labute approximate surface area is 172 Å². The third kappa shape index (κ3) is 7.53. The van der Waals surface area contributed by atoms with E-state index in [1.807, 2.05) is 6.92 Å². The third-order valence-corrected chi connectivity index (χ3v) is 4.71. The van der Waals surface area contributed by atoms with Crippen molar-refractivity contribution < 1.29 is 9.47 Å². The number of halogens is 1. The molecule has 1 N–H and O–H groups in total. The van der Waals surface area contributed by atoms with E-state index in [1.165, 1.54) is 11.1 Å². The van der Waals surface area contributed by atoms with E-state index in [4.69, 9.17) is 9.47 Å². The molecule has 0 fully saturated rings. The van der Waals surface area contributed by atoms with Crippen LogP contribution in [0.15, 0.2) is 40.9 Å². The summed E-state index contributed by atoms with van der Waals surface area (Å²) in [6.07, 6.45) is 1.13. The standard InChI is InChI=1S/C22H31BrN2O2/c1-5-26-21-14-19(15-24-10-7-11-25(3)4)13-20(23)22(21)27-16-18-9-6-8-17(2)12-18/h6,8-9,12-14,24H,5,7,10-11,15-16H2,1-4H3. The minimum Gasteiger partial charge on any atom is -0.490 e. The molecule has 2 aromatic carbocycles. The summed E-state index contributed by atoms with van der Waals surface area (Å²) in [6, 6.07) is 12.5. The molecule has 27 heavy (non-hydrogen) atoms. The van der Waals surface area contributed by atoms with Crippen LogP contribution in [0, 0.1) is 6.92 Å². The van der Waals surface area contributed by atoms with Gasteiger partial charge in [0.25, 0.3) is 0 Å². The highest BCUT2D eigenvalue weighted by molar-refractivity contribution is 9.10. The van der Waals surface area contributed by atoms with Crippen LogP contribution in [-0.2, 0) is 13.2 Å². The zero-order chi connectivity index (χ0) is 19.6. The molecule has 0 bridgehead atoms. The normalized spacial score (nSPS) is 11.0. The zero-order valence-electron chi connectivity index (χ0n) is 16.8. The first-order valence-corrected chi connectivity index (χ1v) is 10.3. The molecule has 0 spiro atoms. The Morgan fingerprint density at radius 3 is 2.59 bits per heavy atom. The molecule has 4 nitrogen and oxygen atoms in total. The maximum absolute atomic E-state index is 6.09. The van der Waals surface area contributed by atoms with Crippen molar-refractivity contribution in [3.05, 3.63) is 57.6 Å². The summed E-state index contributed by atoms with van der Waals surface area (Å²) in [6.45, 7) is 8.09. The molecule has 0 heterocycles. The van der Waals surface area contributed by atoms with Crippen LogP contribution < -0.4 is 14.8 Å². The van der Waals surface area contributed by atoms with Gasteiger partial charge in [0, 0.05) is 6.54 Å². The fourth-order valence-electron chi connectivity index (χ4n) is 2.84. The van der Waals surface area contributed by atoms with Gasteiger partial charge in [-0.25, -0.2) is 0 Å². The van der Waals surface area contributed by atoms with Crippen LogP contribution in [0.25, 0.3) is 0 Å². The summed E-state index contributed by atoms with van der Waals surface area (Å²) < 4.78 is 12.9. The highest BCUT2D eigenvalue weighted by atomic mass is 79.9. The van der Waals surface area contributed by atoms with Crippen molar-refractivity contribution in [3.63, 3.8) is 0 Å². The van der Waals surface area contributed by atoms with Crippen LogP contribution in [0.3, 0.4) is 0 Å². The third-order valence-electron chi connectivity index (χ3n) is 4.12. The van der Waals surface area contributed by atoms with Gasteiger partial charge in [0.1, 0.15) is 6.61 Å². The predicted molar refractivity (Wildman–Crippen MR) is 116 cm³/mol. The van der Waals surface area contributed by atoms with E-state index < -0.39 is 0 Å². The van der Waals surface area contributed by atoms with Crippen molar-refractivity contribution in [1.29, 1.82) is 0 Å². The SMILES string of the molecule is CCOc1cc(CNCCCN(C)C)cc(Br)c1OCc1cccc(C)c1. The molecule has 2 aromatic rings. The first kappa shape index (κ1) is 21.7. The van der Waals surface area contributed by atoms with Crippen LogP contribution in [0.1, 0.15) is 30.0 Å². The molecule has 0 aliphatic carbocycles. The molecule has 2 rings (SSSR count). The summed E-state index contributed by atoms with van der Waals surface area (Å²) in [5.74, 6) is 1.54. The summed E-state index contributed by atoms with van der Waals surface area (Å²) in [4.78, 5) is 2.20. The lowest BCUT2D eigenvalue weighted by molar-refractivity contribution is 0.267. The number of benzene rings is 2. The van der Waals surface area contributed by atoms with Gasteiger partial charge in [-0.1, -0.05) is 29.8 Å². The number of nitrogens with zero attached hydrogens (tertiary/aromatic N) is 1. The largest absolute Gasteiger partial charge is 0.490 e. The lowest BCUT2D eigenvalue weighted by Crippen LogP contribution is -2.21. The number of hydrogen-bond acceptors (Lipinski definition) is 4. The van der Waals surface area contributed by atoms with Crippen molar-refractivity contribution in [2.24, 2.45) is 0 Å². The van der Waals surface area contributed by atoms with Crippen LogP contribution in [0.4, 0.5) is 0 Å². The molecule has 0 aromatic heterocycles. The van der Waals surface area contributed by atoms with Crippen molar-refractivity contribution >= 4 is 15.9 Å². The Balaban J connectivity index is 2.01. The van der Waals surface area contributed by atoms with Gasteiger partial charge in [0.2, 0.25) is 0 Å². The van der Waals surface area contributed by atoms with E-state index in [0.29, 0.717) is 13.2 Å². The van der Waals surface area contributed by atoms with Gasteiger partial charge >= 0.3 is 0 Å². The van der Waals surface area contributed by atoms with E-state index in [0.717, 1.165) is 47.6 Å². The quantitative estimate of drug-likeness (QED) is 0.516. The lowest BCUT2D eigenvalue weighted by atomic mass is 10.1. The first-order chi connectivity index (χ1) is 13.0. The van der Waals surface area contributed by atoms with Crippen molar-refractivity contribution in [2.45, 2.75) is 33.4 Å². The van der Waals surface area contributed by atoms with Gasteiger partial charge in [-0.15, -0.1) is 0 Å². The smallest absolute Gasteiger partial charge is 0.175 e. The Morgan fingerprint density at radius 1 is 1.07 bits per heavy atom. The Morgan fingerprint density at radius 2 is 1.89 bits per heavy atom. The van der Waals surface area contributed by atoms with E-state index >= 15 is 0 Å². The maximum atomic E-state index is 6.09. The maximum Gasteiger partial charge on any atom is 0.175 e. The fraction of sp³-hybridized carbons (Fsp3) is 0.455. The summed E-state index contributed by atoms with van der Waals surface area (Å²) in [5, 5.41) is 3.49. The highest BCUT2D eigenvalue weighted by Gasteiger charge is 2.13. The van der Waals surface area contributed by atoms with Crippen molar-refractivity contribution in [3.8, 4) is 11.5 Å². The van der Waals surface area contributed by atoms with Gasteiger partial charge in [-0.3, -0.25) is 0 Å². The molecule has 0 aliphatic heterocycles. The topological polar surface area (TPSA) is 33.7 Å². The predicted octanol–water partition coefficient (Wildman–Crippen LogP) is 4.78. The van der Waals surface area contributed by atoms with Crippen molar-refractivity contribution in [1.82, 2.24) is 10.2 Å². The summed E-state index contributed by atoms with van der Waals surface area (Å²) in [7, 11) is 4.20. The molecule has 0 unspecified atom stereocenters. The molecule has 0 aliphatic rings. The molecule has 0 radical (unpaired) electrons. The molecular weight excluding hydrogens is 404 g/mol. The van der Waals surface area contributed by atoms with Gasteiger partial charge in [0.15, 0.2) is 11.5 Å². The van der Waals surface area contributed by atoms with E-state index in [9.17, 15) is 0 Å². The van der Waals surface area contributed by atoms with E-state index in [-0.39, 0.29) is 0 Å². The number of rotatable bonds is 11. The van der Waals surface area contributed by atoms with Gasteiger partial charge < -0.3 is 19.7 Å². The number of nitrogens with one attached hydrogen (secondary N) is 1.